The summed E-state index contributed by atoms with van der Waals surface area (Å²) >= 11 is 0. The number of ether oxygens (including phenoxy) is 2. The zero-order valence-corrected chi connectivity index (χ0v) is 17.1. The summed E-state index contributed by atoms with van der Waals surface area (Å²) in [6.45, 7) is 4.08. The van der Waals surface area contributed by atoms with Gasteiger partial charge in [0.2, 0.25) is 0 Å². The summed E-state index contributed by atoms with van der Waals surface area (Å²) < 4.78 is 41.2. The number of hydrogen-bond donors (Lipinski definition) is 1. The highest BCUT2D eigenvalue weighted by molar-refractivity contribution is 7.87. The zero-order valence-electron chi connectivity index (χ0n) is 16.3. The molecule has 154 valence electrons. The Hall–Kier alpha value is -2.68. The van der Waals surface area contributed by atoms with E-state index in [1.165, 1.54) is 12.1 Å². The molecular weight excluding hydrogens is 394 g/mol. The first-order chi connectivity index (χ1) is 13.9. The van der Waals surface area contributed by atoms with Gasteiger partial charge in [-0.2, -0.15) is 8.42 Å². The van der Waals surface area contributed by atoms with E-state index < -0.39 is 22.5 Å². The lowest BCUT2D eigenvalue weighted by Crippen LogP contribution is -2.21. The van der Waals surface area contributed by atoms with Crippen LogP contribution >= 0.6 is 0 Å². The van der Waals surface area contributed by atoms with Gasteiger partial charge in [0, 0.05) is 0 Å². The van der Waals surface area contributed by atoms with E-state index in [1.807, 2.05) is 44.2 Å². The van der Waals surface area contributed by atoms with E-state index >= 15 is 0 Å². The molecule has 0 unspecified atom stereocenters. The van der Waals surface area contributed by atoms with Gasteiger partial charge in [-0.25, -0.2) is 8.98 Å². The summed E-state index contributed by atoms with van der Waals surface area (Å²) in [5, 5.41) is 2.59. The topological polar surface area (TPSA) is 90.9 Å². The van der Waals surface area contributed by atoms with Gasteiger partial charge in [0.05, 0.1) is 12.3 Å². The maximum absolute atomic E-state index is 12.8. The van der Waals surface area contributed by atoms with Gasteiger partial charge in [-0.1, -0.05) is 49.4 Å². The maximum Gasteiger partial charge on any atom is 0.412 e. The highest BCUT2D eigenvalue weighted by atomic mass is 32.2. The van der Waals surface area contributed by atoms with E-state index in [2.05, 4.69) is 5.32 Å². The quantitative estimate of drug-likeness (QED) is 0.542. The largest absolute Gasteiger partial charge is 0.444 e. The minimum atomic E-state index is -4.18. The lowest BCUT2D eigenvalue weighted by atomic mass is 10.0. The van der Waals surface area contributed by atoms with Crippen LogP contribution in [-0.2, 0) is 36.8 Å². The second-order valence-electron chi connectivity index (χ2n) is 6.45. The molecule has 7 nitrogen and oxygen atoms in total. The van der Waals surface area contributed by atoms with Crippen molar-refractivity contribution in [2.75, 3.05) is 11.9 Å². The number of anilines is 1. The lowest BCUT2D eigenvalue weighted by molar-refractivity contribution is -0.0144. The Morgan fingerprint density at radius 2 is 1.97 bits per heavy atom. The Labute approximate surface area is 170 Å². The minimum absolute atomic E-state index is 0.0687. The fourth-order valence-corrected chi connectivity index (χ4v) is 4.13. The van der Waals surface area contributed by atoms with Gasteiger partial charge in [-0.15, -0.1) is 0 Å². The minimum Gasteiger partial charge on any atom is -0.444 e. The van der Waals surface area contributed by atoms with E-state index in [0.29, 0.717) is 12.0 Å². The van der Waals surface area contributed by atoms with Gasteiger partial charge >= 0.3 is 16.2 Å². The molecular formula is C21H23NO6S. The first-order valence-corrected chi connectivity index (χ1v) is 10.6. The first kappa shape index (κ1) is 21.0. The Bertz CT molecular complexity index is 1000. The molecule has 1 heterocycles. The van der Waals surface area contributed by atoms with Gasteiger partial charge in [-0.3, -0.25) is 5.32 Å². The number of benzene rings is 2. The smallest absolute Gasteiger partial charge is 0.412 e. The van der Waals surface area contributed by atoms with Gasteiger partial charge in [0.15, 0.2) is 6.29 Å². The van der Waals surface area contributed by atoms with Crippen LogP contribution in [0.25, 0.3) is 0 Å². The van der Waals surface area contributed by atoms with Crippen LogP contribution in [0.5, 0.6) is 0 Å². The highest BCUT2D eigenvalue weighted by Crippen LogP contribution is 2.31. The molecule has 2 aromatic carbocycles. The zero-order chi connectivity index (χ0) is 20.9. The van der Waals surface area contributed by atoms with Crippen molar-refractivity contribution < 1.29 is 26.9 Å². The van der Waals surface area contributed by atoms with Crippen molar-refractivity contribution in [2.45, 2.75) is 38.1 Å². The summed E-state index contributed by atoms with van der Waals surface area (Å²) in [5.74, 6) is 0. The molecule has 0 aliphatic carbocycles. The summed E-state index contributed by atoms with van der Waals surface area (Å²) in [6.07, 6.45) is 1.98. The Kier molecular flexibility index (Phi) is 6.68. The van der Waals surface area contributed by atoms with Crippen molar-refractivity contribution in [3.63, 3.8) is 0 Å². The van der Waals surface area contributed by atoms with Crippen molar-refractivity contribution >= 4 is 21.9 Å². The molecule has 3 rings (SSSR count). The molecule has 0 bridgehead atoms. The fraction of sp³-hybridized carbons (Fsp3) is 0.286. The van der Waals surface area contributed by atoms with Crippen LogP contribution in [0, 0.1) is 6.92 Å². The van der Waals surface area contributed by atoms with Crippen LogP contribution in [0.3, 0.4) is 0 Å². The highest BCUT2D eigenvalue weighted by Gasteiger charge is 2.28. The molecule has 0 saturated heterocycles. The SMILES string of the molecule is CCc1c(C)ccc(S(=O)(=O)O[C@@H]2C=CCO2)c1NC(=O)OCc1ccccc1. The lowest BCUT2D eigenvalue weighted by Gasteiger charge is -2.18. The van der Waals surface area contributed by atoms with E-state index in [9.17, 15) is 13.2 Å². The molecule has 2 aromatic rings. The molecule has 1 amide bonds. The van der Waals surface area contributed by atoms with Crippen molar-refractivity contribution in [3.8, 4) is 0 Å². The van der Waals surface area contributed by atoms with Crippen molar-refractivity contribution in [3.05, 3.63) is 71.3 Å². The van der Waals surface area contributed by atoms with Crippen LogP contribution in [0.15, 0.2) is 59.5 Å². The van der Waals surface area contributed by atoms with Gasteiger partial charge in [0.25, 0.3) is 0 Å². The molecule has 1 aliphatic rings. The number of amides is 1. The Morgan fingerprint density at radius 1 is 1.21 bits per heavy atom. The average molecular weight is 417 g/mol. The third-order valence-corrected chi connectivity index (χ3v) is 5.76. The molecule has 0 spiro atoms. The normalized spacial score (nSPS) is 16.0. The van der Waals surface area contributed by atoms with E-state index in [4.69, 9.17) is 13.7 Å². The third kappa shape index (κ3) is 5.23. The first-order valence-electron chi connectivity index (χ1n) is 9.22. The van der Waals surface area contributed by atoms with Crippen LogP contribution < -0.4 is 5.32 Å². The van der Waals surface area contributed by atoms with Crippen LogP contribution in [0.2, 0.25) is 0 Å². The molecule has 0 fully saturated rings. The number of hydrogen-bond acceptors (Lipinski definition) is 6. The Balaban J connectivity index is 1.84. The van der Waals surface area contributed by atoms with E-state index in [1.54, 1.807) is 12.1 Å². The number of nitrogens with one attached hydrogen (secondary N) is 1. The fourth-order valence-electron chi connectivity index (χ4n) is 3.00. The molecule has 29 heavy (non-hydrogen) atoms. The maximum atomic E-state index is 12.8. The van der Waals surface area contributed by atoms with E-state index in [0.717, 1.165) is 11.1 Å². The average Bonchev–Trinajstić information content (AvgIpc) is 3.19. The molecule has 1 N–H and O–H groups in total. The molecule has 8 heteroatoms. The van der Waals surface area contributed by atoms with E-state index in [-0.39, 0.29) is 23.8 Å². The number of aryl methyl sites for hydroxylation is 1. The summed E-state index contributed by atoms with van der Waals surface area (Å²) in [6, 6.07) is 12.3. The third-order valence-electron chi connectivity index (χ3n) is 4.44. The number of carbonyl (C=O) groups is 1. The number of rotatable bonds is 7. The van der Waals surface area contributed by atoms with Gasteiger partial charge in [0.1, 0.15) is 11.5 Å². The molecule has 1 atom stereocenters. The standard InChI is InChI=1S/C21H23NO6S/c1-3-17-15(2)11-12-18(29(24,25)28-19-10-7-13-26-19)20(17)22-21(23)27-14-16-8-5-4-6-9-16/h4-12,19H,3,13-14H2,1-2H3,(H,22,23)/t19-/m1/s1. The van der Waals surface area contributed by atoms with Gasteiger partial charge < -0.3 is 9.47 Å². The molecule has 0 saturated carbocycles. The van der Waals surface area contributed by atoms with Crippen molar-refractivity contribution in [2.24, 2.45) is 0 Å². The summed E-state index contributed by atoms with van der Waals surface area (Å²) in [7, 11) is -4.18. The monoisotopic (exact) mass is 417 g/mol. The van der Waals surface area contributed by atoms with Crippen molar-refractivity contribution in [1.82, 2.24) is 0 Å². The van der Waals surface area contributed by atoms with Crippen LogP contribution in [0.1, 0.15) is 23.6 Å². The predicted octanol–water partition coefficient (Wildman–Crippen LogP) is 3.92. The predicted molar refractivity (Wildman–Crippen MR) is 108 cm³/mol. The molecule has 0 radical (unpaired) electrons. The molecule has 0 aromatic heterocycles. The van der Waals surface area contributed by atoms with Crippen molar-refractivity contribution in [1.29, 1.82) is 0 Å². The van der Waals surface area contributed by atoms with Crippen LogP contribution in [0.4, 0.5) is 10.5 Å². The second-order valence-corrected chi connectivity index (χ2v) is 8.00. The van der Waals surface area contributed by atoms with Crippen LogP contribution in [-0.4, -0.2) is 27.4 Å². The summed E-state index contributed by atoms with van der Waals surface area (Å²) in [5.41, 5.74) is 2.52. The second kappa shape index (κ2) is 9.21. The number of carbonyl (C=O) groups excluding carboxylic acids is 1. The Morgan fingerprint density at radius 3 is 2.62 bits per heavy atom. The summed E-state index contributed by atoms with van der Waals surface area (Å²) in [4.78, 5) is 12.2. The van der Waals surface area contributed by atoms with Gasteiger partial charge in [-0.05, 0) is 42.2 Å². The molecule has 1 aliphatic heterocycles.